The van der Waals surface area contributed by atoms with Crippen LogP contribution in [-0.4, -0.2) is 36.4 Å². The minimum Gasteiger partial charge on any atom is -0.497 e. The van der Waals surface area contributed by atoms with Gasteiger partial charge >= 0.3 is 0 Å². The second kappa shape index (κ2) is 5.73. The second-order valence-electron chi connectivity index (χ2n) is 4.57. The number of ether oxygens (including phenoxy) is 1. The molecule has 0 aliphatic carbocycles. The number of nitrogens with zero attached hydrogens (tertiary/aromatic N) is 1. The van der Waals surface area contributed by atoms with E-state index in [0.29, 0.717) is 13.0 Å². The first-order valence-corrected chi connectivity index (χ1v) is 6.35. The van der Waals surface area contributed by atoms with Crippen LogP contribution < -0.4 is 10.1 Å². The Morgan fingerprint density at radius 2 is 2.00 bits per heavy atom. The zero-order chi connectivity index (χ0) is 13.8. The second-order valence-corrected chi connectivity index (χ2v) is 4.57. The smallest absolute Gasteiger partial charge is 0.245 e. The van der Waals surface area contributed by atoms with E-state index in [1.54, 1.807) is 12.0 Å². The molecule has 1 unspecified atom stereocenters. The van der Waals surface area contributed by atoms with Gasteiger partial charge in [0.2, 0.25) is 11.8 Å². The van der Waals surface area contributed by atoms with Gasteiger partial charge < -0.3 is 15.0 Å². The third-order valence-corrected chi connectivity index (χ3v) is 3.22. The van der Waals surface area contributed by atoms with E-state index in [1.807, 2.05) is 31.2 Å². The fourth-order valence-corrected chi connectivity index (χ4v) is 2.14. The summed E-state index contributed by atoms with van der Waals surface area (Å²) in [4.78, 5) is 25.3. The third-order valence-electron chi connectivity index (χ3n) is 3.22. The van der Waals surface area contributed by atoms with E-state index in [0.717, 1.165) is 11.3 Å². The van der Waals surface area contributed by atoms with Gasteiger partial charge in [0.15, 0.2) is 0 Å². The Kier molecular flexibility index (Phi) is 4.04. The summed E-state index contributed by atoms with van der Waals surface area (Å²) < 4.78 is 5.09. The molecule has 1 heterocycles. The maximum atomic E-state index is 12.1. The molecule has 0 saturated carbocycles. The van der Waals surface area contributed by atoms with Crippen LogP contribution in [0, 0.1) is 0 Å². The summed E-state index contributed by atoms with van der Waals surface area (Å²) >= 11 is 0. The highest BCUT2D eigenvalue weighted by Gasteiger charge is 2.31. The van der Waals surface area contributed by atoms with Crippen molar-refractivity contribution in [3.05, 3.63) is 29.8 Å². The Balaban J connectivity index is 2.07. The van der Waals surface area contributed by atoms with Crippen LogP contribution in [0.1, 0.15) is 18.9 Å². The quantitative estimate of drug-likeness (QED) is 0.878. The minimum atomic E-state index is -0.389. The minimum absolute atomic E-state index is 0.0158. The number of hydrogen-bond acceptors (Lipinski definition) is 3. The van der Waals surface area contributed by atoms with Gasteiger partial charge in [-0.2, -0.15) is 0 Å². The summed E-state index contributed by atoms with van der Waals surface area (Å²) in [6, 6.07) is 7.11. The number of benzene rings is 1. The first-order chi connectivity index (χ1) is 9.13. The lowest BCUT2D eigenvalue weighted by molar-refractivity contribution is -0.144. The average molecular weight is 262 g/mol. The summed E-state index contributed by atoms with van der Waals surface area (Å²) in [5.74, 6) is 0.663. The molecule has 0 bridgehead atoms. The van der Waals surface area contributed by atoms with Crippen molar-refractivity contribution < 1.29 is 14.3 Å². The molecule has 1 aliphatic heterocycles. The highest BCUT2D eigenvalue weighted by atomic mass is 16.5. The van der Waals surface area contributed by atoms with Crippen LogP contribution in [-0.2, 0) is 16.1 Å². The van der Waals surface area contributed by atoms with Gasteiger partial charge in [0, 0.05) is 6.54 Å². The number of piperazine rings is 1. The van der Waals surface area contributed by atoms with E-state index in [9.17, 15) is 9.59 Å². The average Bonchev–Trinajstić information content (AvgIpc) is 2.43. The lowest BCUT2D eigenvalue weighted by atomic mass is 10.1. The Hall–Kier alpha value is -2.04. The Morgan fingerprint density at radius 1 is 1.32 bits per heavy atom. The topological polar surface area (TPSA) is 58.6 Å². The maximum Gasteiger partial charge on any atom is 0.245 e. The molecule has 1 aromatic carbocycles. The van der Waals surface area contributed by atoms with Gasteiger partial charge in [-0.05, 0) is 24.1 Å². The zero-order valence-electron chi connectivity index (χ0n) is 11.2. The number of carbonyl (C=O) groups excluding carboxylic acids is 2. The number of hydrogen-bond donors (Lipinski definition) is 1. The van der Waals surface area contributed by atoms with E-state index in [-0.39, 0.29) is 24.4 Å². The molecule has 2 rings (SSSR count). The SMILES string of the molecule is CCC1NC(=O)CN(Cc2ccc(OC)cc2)C1=O. The molecule has 1 N–H and O–H groups in total. The Bertz CT molecular complexity index is 470. The van der Waals surface area contributed by atoms with E-state index in [1.165, 1.54) is 0 Å². The summed E-state index contributed by atoms with van der Waals surface area (Å²) in [5.41, 5.74) is 0.985. The Morgan fingerprint density at radius 3 is 2.58 bits per heavy atom. The number of carbonyl (C=O) groups is 2. The molecule has 2 amide bonds. The lowest BCUT2D eigenvalue weighted by Crippen LogP contribution is -2.57. The van der Waals surface area contributed by atoms with Gasteiger partial charge in [-0.25, -0.2) is 0 Å². The fourth-order valence-electron chi connectivity index (χ4n) is 2.14. The van der Waals surface area contributed by atoms with Crippen LogP contribution in [0.25, 0.3) is 0 Å². The van der Waals surface area contributed by atoms with Crippen molar-refractivity contribution in [2.45, 2.75) is 25.9 Å². The third kappa shape index (κ3) is 3.05. The van der Waals surface area contributed by atoms with Crippen molar-refractivity contribution in [3.63, 3.8) is 0 Å². The highest BCUT2D eigenvalue weighted by molar-refractivity contribution is 5.94. The Labute approximate surface area is 112 Å². The van der Waals surface area contributed by atoms with E-state index in [4.69, 9.17) is 4.74 Å². The fraction of sp³-hybridized carbons (Fsp3) is 0.429. The molecule has 19 heavy (non-hydrogen) atoms. The molecular weight excluding hydrogens is 244 g/mol. The lowest BCUT2D eigenvalue weighted by Gasteiger charge is -2.32. The number of nitrogens with one attached hydrogen (secondary N) is 1. The number of amides is 2. The summed E-state index contributed by atoms with van der Waals surface area (Å²) in [7, 11) is 1.61. The first kappa shape index (κ1) is 13.4. The van der Waals surface area contributed by atoms with Gasteiger partial charge in [-0.3, -0.25) is 9.59 Å². The molecule has 1 aromatic rings. The van der Waals surface area contributed by atoms with Crippen molar-refractivity contribution >= 4 is 11.8 Å². The van der Waals surface area contributed by atoms with Crippen molar-refractivity contribution in [1.29, 1.82) is 0 Å². The van der Waals surface area contributed by atoms with E-state index in [2.05, 4.69) is 5.32 Å². The summed E-state index contributed by atoms with van der Waals surface area (Å²) in [6.07, 6.45) is 0.615. The largest absolute Gasteiger partial charge is 0.497 e. The molecule has 1 atom stereocenters. The summed E-state index contributed by atoms with van der Waals surface area (Å²) in [5, 5.41) is 2.70. The van der Waals surface area contributed by atoms with Crippen molar-refractivity contribution in [2.24, 2.45) is 0 Å². The normalized spacial score (nSPS) is 19.3. The van der Waals surface area contributed by atoms with Crippen LogP contribution in [0.3, 0.4) is 0 Å². The van der Waals surface area contributed by atoms with Crippen LogP contribution in [0.2, 0.25) is 0 Å². The standard InChI is InChI=1S/C14H18N2O3/c1-3-12-14(18)16(9-13(17)15-12)8-10-4-6-11(19-2)7-5-10/h4-7,12H,3,8-9H2,1-2H3,(H,15,17). The van der Waals surface area contributed by atoms with Crippen LogP contribution in [0.4, 0.5) is 0 Å². The number of rotatable bonds is 4. The van der Waals surface area contributed by atoms with Crippen molar-refractivity contribution in [1.82, 2.24) is 10.2 Å². The molecule has 0 radical (unpaired) electrons. The maximum absolute atomic E-state index is 12.1. The predicted molar refractivity (Wildman–Crippen MR) is 70.6 cm³/mol. The molecule has 102 valence electrons. The van der Waals surface area contributed by atoms with Crippen LogP contribution in [0.5, 0.6) is 5.75 Å². The molecule has 1 saturated heterocycles. The van der Waals surface area contributed by atoms with Crippen molar-refractivity contribution in [2.75, 3.05) is 13.7 Å². The van der Waals surface area contributed by atoms with Crippen molar-refractivity contribution in [3.8, 4) is 5.75 Å². The predicted octanol–water partition coefficient (Wildman–Crippen LogP) is 0.932. The molecule has 0 aromatic heterocycles. The molecule has 1 fully saturated rings. The van der Waals surface area contributed by atoms with Gasteiger partial charge in [-0.15, -0.1) is 0 Å². The van der Waals surface area contributed by atoms with E-state index >= 15 is 0 Å². The van der Waals surface area contributed by atoms with Gasteiger partial charge in [-0.1, -0.05) is 19.1 Å². The molecular formula is C14H18N2O3. The molecule has 5 heteroatoms. The first-order valence-electron chi connectivity index (χ1n) is 6.35. The van der Waals surface area contributed by atoms with Crippen LogP contribution >= 0.6 is 0 Å². The molecule has 1 aliphatic rings. The summed E-state index contributed by atoms with van der Waals surface area (Å²) in [6.45, 7) is 2.47. The number of methoxy groups -OCH3 is 1. The highest BCUT2D eigenvalue weighted by Crippen LogP contribution is 2.15. The monoisotopic (exact) mass is 262 g/mol. The van der Waals surface area contributed by atoms with Gasteiger partial charge in [0.05, 0.1) is 13.7 Å². The van der Waals surface area contributed by atoms with E-state index < -0.39 is 0 Å². The molecule has 5 nitrogen and oxygen atoms in total. The zero-order valence-corrected chi connectivity index (χ0v) is 11.2. The van der Waals surface area contributed by atoms with Gasteiger partial charge in [0.1, 0.15) is 11.8 Å². The van der Waals surface area contributed by atoms with Crippen LogP contribution in [0.15, 0.2) is 24.3 Å². The van der Waals surface area contributed by atoms with Gasteiger partial charge in [0.25, 0.3) is 0 Å². The molecule has 0 spiro atoms.